The highest BCUT2D eigenvalue weighted by Crippen LogP contribution is 2.24. The van der Waals surface area contributed by atoms with Gasteiger partial charge >= 0.3 is 0 Å². The Labute approximate surface area is 141 Å². The molecule has 2 nitrogen and oxygen atoms in total. The number of rotatable bonds is 6. The average Bonchev–Trinajstić information content (AvgIpc) is 2.54. The van der Waals surface area contributed by atoms with Crippen LogP contribution in [0.3, 0.4) is 0 Å². The minimum absolute atomic E-state index is 0.186. The maximum Gasteiger partial charge on any atom is 0.129 e. The average molecular weight is 310 g/mol. The van der Waals surface area contributed by atoms with E-state index in [2.05, 4.69) is 82.0 Å². The molecule has 0 unspecified atom stereocenters. The second kappa shape index (κ2) is 7.54. The maximum atomic E-state index is 5.92. The molecule has 2 aromatic carbocycles. The molecular weight excluding hydrogens is 282 g/mol. The Morgan fingerprint density at radius 3 is 2.22 bits per heavy atom. The molecule has 0 fully saturated rings. The summed E-state index contributed by atoms with van der Waals surface area (Å²) in [5.41, 5.74) is 3.90. The predicted molar refractivity (Wildman–Crippen MR) is 98.3 cm³/mol. The summed E-state index contributed by atoms with van der Waals surface area (Å²) in [7, 11) is 0. The second-order valence-corrected chi connectivity index (χ2v) is 6.82. The molecule has 2 rings (SSSR count). The van der Waals surface area contributed by atoms with E-state index in [1.165, 1.54) is 16.8 Å². The highest BCUT2D eigenvalue weighted by molar-refractivity contribution is 5.50. The highest BCUT2D eigenvalue weighted by Gasteiger charge is 2.12. The fourth-order valence-electron chi connectivity index (χ4n) is 2.56. The molecule has 23 heavy (non-hydrogen) atoms. The van der Waals surface area contributed by atoms with Crippen LogP contribution in [0.1, 0.15) is 45.7 Å². The van der Waals surface area contributed by atoms with Crippen LogP contribution in [0.15, 0.2) is 42.5 Å². The van der Waals surface area contributed by atoms with Gasteiger partial charge in [0.1, 0.15) is 12.4 Å². The van der Waals surface area contributed by atoms with E-state index in [0.717, 1.165) is 18.8 Å². The van der Waals surface area contributed by atoms with E-state index in [-0.39, 0.29) is 5.41 Å². The number of anilines is 1. The van der Waals surface area contributed by atoms with Gasteiger partial charge in [0.05, 0.1) is 0 Å². The number of benzene rings is 2. The van der Waals surface area contributed by atoms with Crippen molar-refractivity contribution < 1.29 is 4.74 Å². The van der Waals surface area contributed by atoms with Gasteiger partial charge in [-0.25, -0.2) is 0 Å². The number of ether oxygens (including phenoxy) is 1. The third kappa shape index (κ3) is 4.75. The second-order valence-electron chi connectivity index (χ2n) is 6.82. The summed E-state index contributed by atoms with van der Waals surface area (Å²) in [5.74, 6) is 0.800. The summed E-state index contributed by atoms with van der Waals surface area (Å²) in [6.07, 6.45) is 0. The Morgan fingerprint density at radius 2 is 1.65 bits per heavy atom. The number of hydrogen-bond acceptors (Lipinski definition) is 2. The Balaban J connectivity index is 2.02. The van der Waals surface area contributed by atoms with E-state index in [1.54, 1.807) is 0 Å². The van der Waals surface area contributed by atoms with Crippen LogP contribution < -0.4 is 9.64 Å². The van der Waals surface area contributed by atoms with Crippen LogP contribution in [-0.2, 0) is 12.0 Å². The van der Waals surface area contributed by atoms with Crippen LogP contribution in [0, 0.1) is 6.07 Å². The van der Waals surface area contributed by atoms with Crippen molar-refractivity contribution in [2.75, 3.05) is 18.0 Å². The van der Waals surface area contributed by atoms with Crippen LogP contribution >= 0.6 is 0 Å². The summed E-state index contributed by atoms with van der Waals surface area (Å²) >= 11 is 0. The first-order chi connectivity index (χ1) is 10.9. The first-order valence-corrected chi connectivity index (χ1v) is 8.43. The van der Waals surface area contributed by atoms with Crippen LogP contribution in [0.25, 0.3) is 0 Å². The monoisotopic (exact) mass is 310 g/mol. The lowest BCUT2D eigenvalue weighted by Crippen LogP contribution is -2.21. The van der Waals surface area contributed by atoms with E-state index in [4.69, 9.17) is 4.74 Å². The van der Waals surface area contributed by atoms with Crippen LogP contribution in [0.2, 0.25) is 0 Å². The molecule has 0 N–H and O–H groups in total. The molecule has 0 aliphatic heterocycles. The Hall–Kier alpha value is -1.96. The third-order valence-corrected chi connectivity index (χ3v) is 4.10. The van der Waals surface area contributed by atoms with E-state index in [9.17, 15) is 0 Å². The lowest BCUT2D eigenvalue weighted by molar-refractivity contribution is 0.305. The fraction of sp³-hybridized carbons (Fsp3) is 0.429. The molecule has 0 bridgehead atoms. The Morgan fingerprint density at radius 1 is 1.00 bits per heavy atom. The number of nitrogens with zero attached hydrogens (tertiary/aromatic N) is 1. The molecule has 0 aromatic heterocycles. The van der Waals surface area contributed by atoms with E-state index in [1.807, 2.05) is 6.07 Å². The summed E-state index contributed by atoms with van der Waals surface area (Å²) in [6, 6.07) is 17.9. The zero-order valence-electron chi connectivity index (χ0n) is 15.0. The topological polar surface area (TPSA) is 12.5 Å². The minimum Gasteiger partial charge on any atom is -0.488 e. The van der Waals surface area contributed by atoms with E-state index in [0.29, 0.717) is 6.61 Å². The smallest absolute Gasteiger partial charge is 0.129 e. The number of hydrogen-bond donors (Lipinski definition) is 0. The van der Waals surface area contributed by atoms with Crippen molar-refractivity contribution >= 4 is 5.69 Å². The summed E-state index contributed by atoms with van der Waals surface area (Å²) in [6.45, 7) is 13.6. The Bertz CT molecular complexity index is 606. The molecule has 0 spiro atoms. The molecule has 0 amide bonds. The molecule has 2 heteroatoms. The molecule has 2 aromatic rings. The zero-order chi connectivity index (χ0) is 16.9. The minimum atomic E-state index is 0.186. The van der Waals surface area contributed by atoms with Gasteiger partial charge in [-0.2, -0.15) is 0 Å². The van der Waals surface area contributed by atoms with Gasteiger partial charge in [-0.1, -0.05) is 45.0 Å². The normalized spacial score (nSPS) is 11.3. The van der Waals surface area contributed by atoms with E-state index < -0.39 is 0 Å². The highest BCUT2D eigenvalue weighted by atomic mass is 16.5. The van der Waals surface area contributed by atoms with Gasteiger partial charge in [0.15, 0.2) is 0 Å². The summed E-state index contributed by atoms with van der Waals surface area (Å²) in [4.78, 5) is 2.30. The van der Waals surface area contributed by atoms with Gasteiger partial charge in [0.25, 0.3) is 0 Å². The quantitative estimate of drug-likeness (QED) is 0.726. The van der Waals surface area contributed by atoms with E-state index >= 15 is 0 Å². The molecule has 0 saturated carbocycles. The van der Waals surface area contributed by atoms with Gasteiger partial charge < -0.3 is 9.64 Å². The van der Waals surface area contributed by atoms with Crippen molar-refractivity contribution in [2.45, 2.75) is 46.6 Å². The van der Waals surface area contributed by atoms with Crippen molar-refractivity contribution in [1.82, 2.24) is 0 Å². The van der Waals surface area contributed by atoms with Gasteiger partial charge in [0, 0.05) is 30.9 Å². The maximum absolute atomic E-state index is 5.92. The molecule has 0 aliphatic carbocycles. The largest absolute Gasteiger partial charge is 0.488 e. The molecular formula is C21H28NO. The Kier molecular flexibility index (Phi) is 5.70. The lowest BCUT2D eigenvalue weighted by atomic mass is 9.87. The SMILES string of the molecule is CCN(CC)c1cc[c]c(OCc2ccc(C(C)(C)C)cc2)c1. The van der Waals surface area contributed by atoms with Gasteiger partial charge in [-0.3, -0.25) is 0 Å². The standard InChI is InChI=1S/C21H28NO/c1-6-22(7-2)19-9-8-10-20(15-19)23-16-17-11-13-18(14-12-17)21(3,4)5/h8-9,11-15H,6-7,16H2,1-5H3. The van der Waals surface area contributed by atoms with Gasteiger partial charge in [-0.05, 0) is 42.5 Å². The third-order valence-electron chi connectivity index (χ3n) is 4.10. The summed E-state index contributed by atoms with van der Waals surface area (Å²) < 4.78 is 5.92. The predicted octanol–water partition coefficient (Wildman–Crippen LogP) is 5.21. The van der Waals surface area contributed by atoms with Crippen molar-refractivity contribution in [3.05, 3.63) is 59.7 Å². The van der Waals surface area contributed by atoms with Crippen molar-refractivity contribution in [1.29, 1.82) is 0 Å². The first kappa shape index (κ1) is 17.4. The molecule has 1 radical (unpaired) electrons. The van der Waals surface area contributed by atoms with Crippen molar-refractivity contribution in [2.24, 2.45) is 0 Å². The van der Waals surface area contributed by atoms with Crippen LogP contribution in [-0.4, -0.2) is 13.1 Å². The molecule has 0 heterocycles. The molecule has 0 aliphatic rings. The van der Waals surface area contributed by atoms with Crippen LogP contribution in [0.5, 0.6) is 5.75 Å². The first-order valence-electron chi connectivity index (χ1n) is 8.43. The molecule has 0 saturated heterocycles. The zero-order valence-corrected chi connectivity index (χ0v) is 15.0. The summed E-state index contributed by atoms with van der Waals surface area (Å²) in [5, 5.41) is 0. The van der Waals surface area contributed by atoms with Crippen molar-refractivity contribution in [3.63, 3.8) is 0 Å². The molecule has 0 atom stereocenters. The van der Waals surface area contributed by atoms with Crippen LogP contribution in [0.4, 0.5) is 5.69 Å². The van der Waals surface area contributed by atoms with Crippen molar-refractivity contribution in [3.8, 4) is 5.75 Å². The van der Waals surface area contributed by atoms with Gasteiger partial charge in [-0.15, -0.1) is 0 Å². The van der Waals surface area contributed by atoms with Gasteiger partial charge in [0.2, 0.25) is 0 Å². The lowest BCUT2D eigenvalue weighted by Gasteiger charge is -2.21. The fourth-order valence-corrected chi connectivity index (χ4v) is 2.56. The molecule has 123 valence electrons.